The van der Waals surface area contributed by atoms with Crippen LogP contribution in [0.2, 0.25) is 0 Å². The highest BCUT2D eigenvalue weighted by Crippen LogP contribution is 2.78. The molecule has 5 atom stereocenters. The maximum absolute atomic E-state index is 14.3. The molecule has 0 amide bonds. The molecule has 1 saturated heterocycles. The van der Waals surface area contributed by atoms with E-state index in [0.717, 1.165) is 55.2 Å². The molecular formula is C39H42O6. The molecule has 4 aliphatic carbocycles. The first kappa shape index (κ1) is 29.8. The zero-order chi connectivity index (χ0) is 31.3. The van der Waals surface area contributed by atoms with Crippen molar-refractivity contribution < 1.29 is 29.3 Å². The molecule has 45 heavy (non-hydrogen) atoms. The molecule has 0 unspecified atom stereocenters. The second-order valence-electron chi connectivity index (χ2n) is 13.4. The molecule has 1 spiro atoms. The average Bonchev–Trinajstić information content (AvgIpc) is 3.53. The third-order valence-electron chi connectivity index (χ3n) is 11.3. The van der Waals surface area contributed by atoms with E-state index in [1.807, 2.05) is 36.4 Å². The van der Waals surface area contributed by atoms with E-state index in [9.17, 15) is 19.8 Å². The minimum absolute atomic E-state index is 0.0107. The monoisotopic (exact) mass is 606 g/mol. The molecule has 2 aromatic carbocycles. The summed E-state index contributed by atoms with van der Waals surface area (Å²) in [6, 6.07) is 17.5. The summed E-state index contributed by atoms with van der Waals surface area (Å²) in [4.78, 5) is 28.4. The molecule has 2 fully saturated rings. The zero-order valence-electron chi connectivity index (χ0n) is 26.2. The standard InChI is InChI=1S/C39H42O6/c1-3-5-14-31-29-15-16-30-28-17-18-39(38(30,19-20-40)34(29)36(42)44-31)32(22-24(4-2)21-25-10-7-6-8-11-25)45-37(43)35(39)33(28)26-12-9-13-27(41)23-26/h6-14,22-24,28,30,40-41H,3-5,15-21H2,1-2H3/t24-,28+,30+,38+,39-/m1/s1. The Labute approximate surface area is 265 Å². The van der Waals surface area contributed by atoms with E-state index in [1.165, 1.54) is 5.56 Å². The number of rotatable bonds is 9. The van der Waals surface area contributed by atoms with E-state index in [2.05, 4.69) is 32.1 Å². The van der Waals surface area contributed by atoms with Crippen LogP contribution in [-0.2, 0) is 25.5 Å². The number of hydrogen-bond donors (Lipinski definition) is 2. The Balaban J connectivity index is 1.51. The van der Waals surface area contributed by atoms with Crippen molar-refractivity contribution in [2.75, 3.05) is 6.61 Å². The molecule has 234 valence electrons. The number of esters is 2. The van der Waals surface area contributed by atoms with Crippen molar-refractivity contribution in [1.29, 1.82) is 0 Å². The number of aromatic hydroxyl groups is 1. The van der Waals surface area contributed by atoms with Crippen LogP contribution < -0.4 is 0 Å². The van der Waals surface area contributed by atoms with Crippen molar-refractivity contribution in [3.05, 3.63) is 106 Å². The third-order valence-corrected chi connectivity index (χ3v) is 11.3. The molecule has 1 saturated carbocycles. The first-order valence-corrected chi connectivity index (χ1v) is 16.7. The Hall–Kier alpha value is -3.90. The smallest absolute Gasteiger partial charge is 0.340 e. The van der Waals surface area contributed by atoms with E-state index < -0.39 is 10.8 Å². The van der Waals surface area contributed by atoms with Crippen molar-refractivity contribution in [2.24, 2.45) is 28.6 Å². The molecule has 2 heterocycles. The second kappa shape index (κ2) is 11.5. The molecule has 0 aromatic heterocycles. The van der Waals surface area contributed by atoms with Crippen molar-refractivity contribution in [1.82, 2.24) is 0 Å². The Morgan fingerprint density at radius 1 is 1.00 bits per heavy atom. The molecule has 2 aliphatic heterocycles. The van der Waals surface area contributed by atoms with Gasteiger partial charge in [0.25, 0.3) is 0 Å². The number of benzene rings is 2. The molecular weight excluding hydrogens is 564 g/mol. The Morgan fingerprint density at radius 2 is 1.80 bits per heavy atom. The van der Waals surface area contributed by atoms with Gasteiger partial charge in [0.15, 0.2) is 0 Å². The Kier molecular flexibility index (Phi) is 7.60. The SMILES string of the molecule is CCCC=C1OC(=O)C2=C1CC[C@H]1[C@@H]3CC[C@]4(C(=C[C@H](CC)Cc5ccccc5)OC(=O)C4=C3c3cccc(O)c3)[C@]21CCO. The Bertz CT molecular complexity index is 1660. The highest BCUT2D eigenvalue weighted by Gasteiger charge is 2.75. The first-order valence-electron chi connectivity index (χ1n) is 16.7. The molecule has 8 rings (SSSR count). The number of ether oxygens (including phenoxy) is 2. The minimum atomic E-state index is -0.933. The lowest BCUT2D eigenvalue weighted by atomic mass is 9.36. The van der Waals surface area contributed by atoms with Gasteiger partial charge in [-0.1, -0.05) is 62.7 Å². The van der Waals surface area contributed by atoms with E-state index in [0.29, 0.717) is 41.9 Å². The number of aliphatic hydroxyl groups is 1. The van der Waals surface area contributed by atoms with Crippen molar-refractivity contribution >= 4 is 17.5 Å². The molecule has 2 bridgehead atoms. The highest BCUT2D eigenvalue weighted by atomic mass is 16.6. The molecule has 2 N–H and O–H groups in total. The van der Waals surface area contributed by atoms with E-state index in [1.54, 1.807) is 12.1 Å². The van der Waals surface area contributed by atoms with Gasteiger partial charge in [-0.2, -0.15) is 0 Å². The van der Waals surface area contributed by atoms with Crippen LogP contribution in [0.15, 0.2) is 95.0 Å². The maximum atomic E-state index is 14.3. The van der Waals surface area contributed by atoms with E-state index in [-0.39, 0.29) is 42.0 Å². The maximum Gasteiger partial charge on any atom is 0.340 e. The fourth-order valence-electron chi connectivity index (χ4n) is 9.66. The van der Waals surface area contributed by atoms with Gasteiger partial charge in [0, 0.05) is 17.6 Å². The zero-order valence-corrected chi connectivity index (χ0v) is 26.2. The van der Waals surface area contributed by atoms with E-state index >= 15 is 0 Å². The van der Waals surface area contributed by atoms with Gasteiger partial charge in [-0.3, -0.25) is 0 Å². The lowest BCUT2D eigenvalue weighted by Gasteiger charge is -2.64. The number of allylic oxidation sites excluding steroid dienone is 5. The topological polar surface area (TPSA) is 93.1 Å². The van der Waals surface area contributed by atoms with Gasteiger partial charge in [-0.15, -0.1) is 0 Å². The molecule has 6 heteroatoms. The summed E-state index contributed by atoms with van der Waals surface area (Å²) in [6.07, 6.45) is 10.9. The van der Waals surface area contributed by atoms with Gasteiger partial charge < -0.3 is 19.7 Å². The molecule has 2 aromatic rings. The number of fused-ring (bicyclic) bond motifs is 1. The minimum Gasteiger partial charge on any atom is -0.508 e. The highest BCUT2D eigenvalue weighted by molar-refractivity contribution is 6.07. The number of unbranched alkanes of at least 4 members (excludes halogenated alkanes) is 1. The summed E-state index contributed by atoms with van der Waals surface area (Å²) in [6.45, 7) is 4.13. The van der Waals surface area contributed by atoms with Crippen molar-refractivity contribution in [3.8, 4) is 5.75 Å². The molecule has 0 radical (unpaired) electrons. The van der Waals surface area contributed by atoms with Gasteiger partial charge in [0.1, 0.15) is 17.3 Å². The lowest BCUT2D eigenvalue weighted by Crippen LogP contribution is -2.60. The summed E-state index contributed by atoms with van der Waals surface area (Å²) >= 11 is 0. The third kappa shape index (κ3) is 4.32. The number of phenols is 1. The predicted molar refractivity (Wildman–Crippen MR) is 171 cm³/mol. The normalized spacial score (nSPS) is 30.8. The predicted octanol–water partition coefficient (Wildman–Crippen LogP) is 7.58. The van der Waals surface area contributed by atoms with Gasteiger partial charge in [0.05, 0.1) is 16.6 Å². The number of aliphatic hydroxyl groups excluding tert-OH is 1. The number of carbonyl (C=O) groups excluding carboxylic acids is 2. The van der Waals surface area contributed by atoms with Gasteiger partial charge in [0.2, 0.25) is 0 Å². The Morgan fingerprint density at radius 3 is 2.53 bits per heavy atom. The van der Waals surface area contributed by atoms with E-state index in [4.69, 9.17) is 9.47 Å². The van der Waals surface area contributed by atoms with Crippen LogP contribution >= 0.6 is 0 Å². The van der Waals surface area contributed by atoms with Gasteiger partial charge >= 0.3 is 11.9 Å². The largest absolute Gasteiger partial charge is 0.508 e. The summed E-state index contributed by atoms with van der Waals surface area (Å²) < 4.78 is 12.4. The summed E-state index contributed by atoms with van der Waals surface area (Å²) in [5.74, 6) is 0.749. The number of phenolic OH excluding ortho intramolecular Hbond substituents is 1. The van der Waals surface area contributed by atoms with Gasteiger partial charge in [-0.25, -0.2) is 9.59 Å². The summed E-state index contributed by atoms with van der Waals surface area (Å²) in [7, 11) is 0. The lowest BCUT2D eigenvalue weighted by molar-refractivity contribution is -0.138. The number of cyclic esters (lactones) is 2. The van der Waals surface area contributed by atoms with Crippen LogP contribution in [0.5, 0.6) is 5.75 Å². The molecule has 6 nitrogen and oxygen atoms in total. The fourth-order valence-corrected chi connectivity index (χ4v) is 9.66. The van der Waals surface area contributed by atoms with Crippen LogP contribution in [0, 0.1) is 28.6 Å². The quantitative estimate of drug-likeness (QED) is 0.286. The first-order chi connectivity index (χ1) is 21.9. The summed E-state index contributed by atoms with van der Waals surface area (Å²) in [5.41, 5.74) is 3.36. The van der Waals surface area contributed by atoms with Crippen LogP contribution in [0.1, 0.15) is 76.3 Å². The second-order valence-corrected chi connectivity index (χ2v) is 13.4. The van der Waals surface area contributed by atoms with Crippen molar-refractivity contribution in [3.63, 3.8) is 0 Å². The summed E-state index contributed by atoms with van der Waals surface area (Å²) in [5, 5.41) is 21.3. The fraction of sp³-hybridized carbons (Fsp3) is 0.436. The molecule has 6 aliphatic rings. The number of carbonyl (C=O) groups is 2. The van der Waals surface area contributed by atoms with Crippen LogP contribution in [0.3, 0.4) is 0 Å². The van der Waals surface area contributed by atoms with Crippen LogP contribution in [-0.4, -0.2) is 28.8 Å². The van der Waals surface area contributed by atoms with Gasteiger partial charge in [-0.05, 0) is 110 Å². The average molecular weight is 607 g/mol. The van der Waals surface area contributed by atoms with Crippen LogP contribution in [0.25, 0.3) is 5.57 Å². The van der Waals surface area contributed by atoms with Crippen LogP contribution in [0.4, 0.5) is 0 Å². The van der Waals surface area contributed by atoms with Crippen molar-refractivity contribution in [2.45, 2.75) is 71.6 Å². The number of hydrogen-bond acceptors (Lipinski definition) is 6.